The van der Waals surface area contributed by atoms with Crippen molar-refractivity contribution < 1.29 is 14.1 Å². The van der Waals surface area contributed by atoms with E-state index in [1.54, 1.807) is 12.1 Å². The minimum Gasteiger partial charge on any atom is -0.444 e. The van der Waals surface area contributed by atoms with E-state index in [4.69, 9.17) is 4.42 Å². The third-order valence-electron chi connectivity index (χ3n) is 5.15. The Kier molecular flexibility index (Phi) is 5.41. The van der Waals surface area contributed by atoms with Gasteiger partial charge >= 0.3 is 0 Å². The van der Waals surface area contributed by atoms with Gasteiger partial charge in [0.15, 0.2) is 10.4 Å². The van der Waals surface area contributed by atoms with Gasteiger partial charge in [0.1, 0.15) is 6.04 Å². The van der Waals surface area contributed by atoms with Gasteiger partial charge in [-0.05, 0) is 28.1 Å². The molecule has 5 heteroatoms. The molecule has 1 aliphatic heterocycles. The summed E-state index contributed by atoms with van der Waals surface area (Å²) in [5.74, 6) is 0.365. The molecular weight excluding hydrogens is 404 g/mol. The van der Waals surface area contributed by atoms with Gasteiger partial charge in [-0.1, -0.05) is 60.7 Å². The number of quaternary nitrogens is 1. The lowest BCUT2D eigenvalue weighted by molar-refractivity contribution is -0.929. The SMILES string of the molecule is O=C(c1ccc(Br)o1)N1CC[NH+](C(c2ccccc2)c2ccccc2)CC1. The Morgan fingerprint density at radius 2 is 1.44 bits per heavy atom. The maximum Gasteiger partial charge on any atom is 0.290 e. The number of hydrogen-bond acceptors (Lipinski definition) is 2. The van der Waals surface area contributed by atoms with Crippen LogP contribution >= 0.6 is 15.9 Å². The van der Waals surface area contributed by atoms with Gasteiger partial charge in [-0.2, -0.15) is 0 Å². The second-order valence-corrected chi connectivity index (χ2v) is 7.59. The summed E-state index contributed by atoms with van der Waals surface area (Å²) >= 11 is 3.26. The smallest absolute Gasteiger partial charge is 0.290 e. The fourth-order valence-corrected chi connectivity index (χ4v) is 4.13. The number of nitrogens with zero attached hydrogens (tertiary/aromatic N) is 1. The van der Waals surface area contributed by atoms with Gasteiger partial charge < -0.3 is 14.2 Å². The third-order valence-corrected chi connectivity index (χ3v) is 5.58. The maximum absolute atomic E-state index is 12.6. The zero-order valence-corrected chi connectivity index (χ0v) is 16.6. The molecular formula is C22H22BrN2O2+. The number of piperazine rings is 1. The first-order valence-corrected chi connectivity index (χ1v) is 10.0. The molecule has 4 rings (SSSR count). The van der Waals surface area contributed by atoms with Gasteiger partial charge in [-0.25, -0.2) is 0 Å². The Labute approximate surface area is 167 Å². The number of carbonyl (C=O) groups excluding carboxylic acids is 1. The van der Waals surface area contributed by atoms with E-state index in [2.05, 4.69) is 76.6 Å². The summed E-state index contributed by atoms with van der Waals surface area (Å²) in [6.07, 6.45) is 0. The van der Waals surface area contributed by atoms with Gasteiger partial charge in [0.25, 0.3) is 5.91 Å². The average molecular weight is 426 g/mol. The molecule has 4 nitrogen and oxygen atoms in total. The summed E-state index contributed by atoms with van der Waals surface area (Å²) in [7, 11) is 0. The molecule has 0 radical (unpaired) electrons. The standard InChI is InChI=1S/C22H21BrN2O2/c23-20-12-11-19(27-20)22(26)25-15-13-24(14-16-25)21(17-7-3-1-4-8-17)18-9-5-2-6-10-18/h1-12,21H,13-16H2/p+1. The van der Waals surface area contributed by atoms with Crippen LogP contribution in [0.2, 0.25) is 0 Å². The van der Waals surface area contributed by atoms with Crippen molar-refractivity contribution in [2.45, 2.75) is 6.04 Å². The molecule has 0 bridgehead atoms. The predicted molar refractivity (Wildman–Crippen MR) is 108 cm³/mol. The Bertz CT molecular complexity index is 847. The highest BCUT2D eigenvalue weighted by atomic mass is 79.9. The first kappa shape index (κ1) is 18.0. The molecule has 1 aromatic heterocycles. The van der Waals surface area contributed by atoms with Gasteiger partial charge in [0.05, 0.1) is 26.2 Å². The topological polar surface area (TPSA) is 37.9 Å². The van der Waals surface area contributed by atoms with E-state index in [1.807, 2.05) is 4.90 Å². The summed E-state index contributed by atoms with van der Waals surface area (Å²) in [5, 5.41) is 0. The fourth-order valence-electron chi connectivity index (χ4n) is 3.83. The number of halogens is 1. The molecule has 27 heavy (non-hydrogen) atoms. The highest BCUT2D eigenvalue weighted by Crippen LogP contribution is 2.20. The Morgan fingerprint density at radius 1 is 0.889 bits per heavy atom. The van der Waals surface area contributed by atoms with Crippen molar-refractivity contribution in [1.82, 2.24) is 4.90 Å². The molecule has 3 aromatic rings. The number of amides is 1. The fraction of sp³-hybridized carbons (Fsp3) is 0.227. The highest BCUT2D eigenvalue weighted by molar-refractivity contribution is 9.10. The molecule has 1 saturated heterocycles. The highest BCUT2D eigenvalue weighted by Gasteiger charge is 2.32. The Morgan fingerprint density at radius 3 is 1.93 bits per heavy atom. The third kappa shape index (κ3) is 3.99. The lowest BCUT2D eigenvalue weighted by Gasteiger charge is -2.36. The quantitative estimate of drug-likeness (QED) is 0.696. The lowest BCUT2D eigenvalue weighted by atomic mass is 9.96. The first-order valence-electron chi connectivity index (χ1n) is 9.21. The monoisotopic (exact) mass is 425 g/mol. The lowest BCUT2D eigenvalue weighted by Crippen LogP contribution is -3.15. The maximum atomic E-state index is 12.6. The number of hydrogen-bond donors (Lipinski definition) is 1. The van der Waals surface area contributed by atoms with Crippen molar-refractivity contribution in [3.8, 4) is 0 Å². The molecule has 1 fully saturated rings. The van der Waals surface area contributed by atoms with Crippen LogP contribution in [0.1, 0.15) is 27.7 Å². The van der Waals surface area contributed by atoms with E-state index in [1.165, 1.54) is 16.0 Å². The summed E-state index contributed by atoms with van der Waals surface area (Å²) < 4.78 is 6.02. The molecule has 2 aromatic carbocycles. The summed E-state index contributed by atoms with van der Waals surface area (Å²) in [5.41, 5.74) is 2.63. The van der Waals surface area contributed by atoms with Crippen LogP contribution in [0.25, 0.3) is 0 Å². The van der Waals surface area contributed by atoms with Crippen molar-refractivity contribution in [3.05, 3.63) is 94.4 Å². The second kappa shape index (κ2) is 8.11. The molecule has 0 saturated carbocycles. The molecule has 1 N–H and O–H groups in total. The van der Waals surface area contributed by atoms with Gasteiger partial charge in [-0.3, -0.25) is 4.79 Å². The molecule has 0 spiro atoms. The van der Waals surface area contributed by atoms with E-state index in [-0.39, 0.29) is 11.9 Å². The second-order valence-electron chi connectivity index (χ2n) is 6.81. The summed E-state index contributed by atoms with van der Waals surface area (Å²) in [6.45, 7) is 3.26. The zero-order chi connectivity index (χ0) is 18.6. The van der Waals surface area contributed by atoms with Gasteiger partial charge in [0, 0.05) is 11.1 Å². The van der Waals surface area contributed by atoms with Crippen LogP contribution in [0, 0.1) is 0 Å². The molecule has 138 valence electrons. The Hall–Kier alpha value is -2.37. The van der Waals surface area contributed by atoms with Crippen molar-refractivity contribution in [2.24, 2.45) is 0 Å². The minimum absolute atomic E-state index is 0.0317. The van der Waals surface area contributed by atoms with Crippen LogP contribution in [0.5, 0.6) is 0 Å². The minimum atomic E-state index is -0.0317. The van der Waals surface area contributed by atoms with Crippen molar-refractivity contribution in [3.63, 3.8) is 0 Å². The molecule has 0 unspecified atom stereocenters. The van der Waals surface area contributed by atoms with Crippen LogP contribution in [-0.2, 0) is 0 Å². The van der Waals surface area contributed by atoms with Crippen LogP contribution < -0.4 is 4.90 Å². The van der Waals surface area contributed by atoms with E-state index < -0.39 is 0 Å². The number of carbonyl (C=O) groups is 1. The van der Waals surface area contributed by atoms with E-state index in [0.29, 0.717) is 10.4 Å². The predicted octanol–water partition coefficient (Wildman–Crippen LogP) is 3.17. The number of nitrogens with one attached hydrogen (secondary N) is 1. The largest absolute Gasteiger partial charge is 0.444 e. The number of rotatable bonds is 4. The molecule has 2 heterocycles. The van der Waals surface area contributed by atoms with Crippen LogP contribution in [-0.4, -0.2) is 37.0 Å². The van der Waals surface area contributed by atoms with Gasteiger partial charge in [-0.15, -0.1) is 0 Å². The molecule has 0 aliphatic carbocycles. The first-order chi connectivity index (χ1) is 13.2. The van der Waals surface area contributed by atoms with Crippen LogP contribution in [0.15, 0.2) is 81.9 Å². The molecule has 1 aliphatic rings. The van der Waals surface area contributed by atoms with Crippen molar-refractivity contribution >= 4 is 21.8 Å². The van der Waals surface area contributed by atoms with Crippen LogP contribution in [0.4, 0.5) is 0 Å². The average Bonchev–Trinajstić information content (AvgIpc) is 3.16. The van der Waals surface area contributed by atoms with E-state index in [0.717, 1.165) is 26.2 Å². The van der Waals surface area contributed by atoms with Crippen LogP contribution in [0.3, 0.4) is 0 Å². The summed E-state index contributed by atoms with van der Waals surface area (Å²) in [6, 6.07) is 25.0. The number of furan rings is 1. The summed E-state index contributed by atoms with van der Waals surface area (Å²) in [4.78, 5) is 16.0. The molecule has 1 amide bonds. The molecule has 0 atom stereocenters. The Balaban J connectivity index is 1.51. The van der Waals surface area contributed by atoms with Crippen molar-refractivity contribution in [2.75, 3.05) is 26.2 Å². The van der Waals surface area contributed by atoms with Crippen molar-refractivity contribution in [1.29, 1.82) is 0 Å². The van der Waals surface area contributed by atoms with Gasteiger partial charge in [0.2, 0.25) is 0 Å². The van der Waals surface area contributed by atoms with E-state index >= 15 is 0 Å². The normalized spacial score (nSPS) is 15.3. The number of benzene rings is 2. The van der Waals surface area contributed by atoms with E-state index in [9.17, 15) is 4.79 Å². The zero-order valence-electron chi connectivity index (χ0n) is 15.0.